The molecule has 0 atom stereocenters. The van der Waals surface area contributed by atoms with E-state index in [1.807, 2.05) is 30.3 Å². The number of carbonyl (C=O) groups excluding carboxylic acids is 1. The Labute approximate surface area is 175 Å². The highest BCUT2D eigenvalue weighted by atomic mass is 79.9. The first-order valence-electron chi connectivity index (χ1n) is 9.48. The number of amides is 1. The van der Waals surface area contributed by atoms with Crippen molar-refractivity contribution >= 4 is 37.5 Å². The van der Waals surface area contributed by atoms with Crippen LogP contribution in [0.3, 0.4) is 0 Å². The second-order valence-corrected chi connectivity index (χ2v) is 9.89. The normalized spacial score (nSPS) is 15.5. The van der Waals surface area contributed by atoms with Crippen LogP contribution in [-0.2, 0) is 14.8 Å². The lowest BCUT2D eigenvalue weighted by atomic mass is 9.95. The van der Waals surface area contributed by atoms with Crippen LogP contribution >= 0.6 is 15.9 Å². The van der Waals surface area contributed by atoms with Gasteiger partial charge in [-0.1, -0.05) is 53.4 Å². The fourth-order valence-electron chi connectivity index (χ4n) is 3.56. The van der Waals surface area contributed by atoms with E-state index in [4.69, 9.17) is 0 Å². The van der Waals surface area contributed by atoms with Crippen LogP contribution in [0.2, 0.25) is 0 Å². The van der Waals surface area contributed by atoms with Gasteiger partial charge in [0.25, 0.3) is 0 Å². The summed E-state index contributed by atoms with van der Waals surface area (Å²) in [7, 11) is -2.08. The second kappa shape index (κ2) is 9.20. The minimum Gasteiger partial charge on any atom is -0.314 e. The summed E-state index contributed by atoms with van der Waals surface area (Å²) >= 11 is 3.34. The van der Waals surface area contributed by atoms with Gasteiger partial charge in [-0.2, -0.15) is 4.31 Å². The van der Waals surface area contributed by atoms with E-state index in [0.717, 1.165) is 42.3 Å². The number of carbonyl (C=O) groups is 1. The van der Waals surface area contributed by atoms with Crippen molar-refractivity contribution in [2.75, 3.05) is 18.5 Å². The summed E-state index contributed by atoms with van der Waals surface area (Å²) < 4.78 is 29.0. The first-order valence-corrected chi connectivity index (χ1v) is 11.7. The Kier molecular flexibility index (Phi) is 6.91. The van der Waals surface area contributed by atoms with Crippen LogP contribution in [0.25, 0.3) is 0 Å². The highest BCUT2D eigenvalue weighted by molar-refractivity contribution is 9.10. The number of rotatable bonds is 6. The fraction of sp³-hybridized carbons (Fsp3) is 0.381. The van der Waals surface area contributed by atoms with Gasteiger partial charge in [0, 0.05) is 23.2 Å². The van der Waals surface area contributed by atoms with E-state index in [9.17, 15) is 13.2 Å². The molecule has 2 aromatic carbocycles. The van der Waals surface area contributed by atoms with Gasteiger partial charge in [-0.3, -0.25) is 4.79 Å². The molecule has 1 aliphatic carbocycles. The minimum atomic E-state index is -3.76. The monoisotopic (exact) mass is 464 g/mol. The Bertz CT molecular complexity index is 895. The standard InChI is InChI=1S/C21H25BrN2O3S/c1-23(18-8-4-2-5-9-18)21(25)16-24(19-10-6-3-7-11-19)28(26,27)20-14-12-17(22)13-15-20/h2,4-5,8-9,12-15,19H,3,6-7,10-11,16H2,1H3. The third-order valence-corrected chi connectivity index (χ3v) is 7.65. The lowest BCUT2D eigenvalue weighted by Gasteiger charge is -2.34. The van der Waals surface area contributed by atoms with Gasteiger partial charge >= 0.3 is 0 Å². The number of benzene rings is 2. The Morgan fingerprint density at radius 2 is 1.61 bits per heavy atom. The molecule has 0 unspecified atom stereocenters. The first kappa shape index (κ1) is 21.0. The van der Waals surface area contributed by atoms with Crippen molar-refractivity contribution in [3.05, 3.63) is 59.1 Å². The average Bonchev–Trinajstić information content (AvgIpc) is 2.72. The topological polar surface area (TPSA) is 57.7 Å². The molecule has 7 heteroatoms. The van der Waals surface area contributed by atoms with Crippen molar-refractivity contribution in [3.63, 3.8) is 0 Å². The molecule has 0 radical (unpaired) electrons. The number of sulfonamides is 1. The van der Waals surface area contributed by atoms with E-state index < -0.39 is 10.0 Å². The summed E-state index contributed by atoms with van der Waals surface area (Å²) in [5, 5.41) is 0. The molecule has 0 bridgehead atoms. The van der Waals surface area contributed by atoms with Gasteiger partial charge in [-0.15, -0.1) is 0 Å². The number of halogens is 1. The number of hydrogen-bond donors (Lipinski definition) is 0. The van der Waals surface area contributed by atoms with E-state index in [1.54, 1.807) is 31.3 Å². The number of anilines is 1. The van der Waals surface area contributed by atoms with Crippen molar-refractivity contribution in [2.24, 2.45) is 0 Å². The fourth-order valence-corrected chi connectivity index (χ4v) is 5.46. The SMILES string of the molecule is CN(C(=O)CN(C1CCCCC1)S(=O)(=O)c1ccc(Br)cc1)c1ccccc1. The molecule has 0 saturated heterocycles. The minimum absolute atomic E-state index is 0.143. The zero-order valence-corrected chi connectivity index (χ0v) is 18.3. The molecule has 28 heavy (non-hydrogen) atoms. The maximum absolute atomic E-state index is 13.4. The van der Waals surface area contributed by atoms with Crippen molar-refractivity contribution in [1.82, 2.24) is 4.31 Å². The van der Waals surface area contributed by atoms with Gasteiger partial charge in [-0.05, 0) is 49.2 Å². The summed E-state index contributed by atoms with van der Waals surface area (Å²) in [5.74, 6) is -0.238. The Morgan fingerprint density at radius 3 is 2.21 bits per heavy atom. The molecule has 0 N–H and O–H groups in total. The largest absolute Gasteiger partial charge is 0.314 e. The van der Waals surface area contributed by atoms with Crippen LogP contribution in [0, 0.1) is 0 Å². The molecule has 150 valence electrons. The van der Waals surface area contributed by atoms with Gasteiger partial charge in [-0.25, -0.2) is 8.42 Å². The second-order valence-electron chi connectivity index (χ2n) is 7.08. The smallest absolute Gasteiger partial charge is 0.243 e. The van der Waals surface area contributed by atoms with Crippen molar-refractivity contribution in [2.45, 2.75) is 43.0 Å². The molecule has 0 aromatic heterocycles. The van der Waals surface area contributed by atoms with Crippen LogP contribution < -0.4 is 4.90 Å². The molecule has 0 spiro atoms. The number of nitrogens with zero attached hydrogens (tertiary/aromatic N) is 2. The van der Waals surface area contributed by atoms with Gasteiger partial charge < -0.3 is 4.90 Å². The van der Waals surface area contributed by atoms with Crippen LogP contribution in [0.15, 0.2) is 64.0 Å². The molecule has 1 fully saturated rings. The van der Waals surface area contributed by atoms with Gasteiger partial charge in [0.1, 0.15) is 0 Å². The summed E-state index contributed by atoms with van der Waals surface area (Å²) in [4.78, 5) is 14.7. The van der Waals surface area contributed by atoms with E-state index in [1.165, 1.54) is 9.21 Å². The zero-order valence-electron chi connectivity index (χ0n) is 15.9. The average molecular weight is 465 g/mol. The first-order chi connectivity index (χ1) is 13.4. The summed E-state index contributed by atoms with van der Waals surface area (Å²) in [6.07, 6.45) is 4.66. The molecule has 2 aromatic rings. The predicted octanol–water partition coefficient (Wildman–Crippen LogP) is 4.44. The van der Waals surface area contributed by atoms with E-state index >= 15 is 0 Å². The van der Waals surface area contributed by atoms with Crippen LogP contribution in [-0.4, -0.2) is 38.3 Å². The molecular weight excluding hydrogens is 440 g/mol. The molecule has 1 saturated carbocycles. The molecule has 5 nitrogen and oxygen atoms in total. The quantitative estimate of drug-likeness (QED) is 0.634. The maximum atomic E-state index is 13.4. The number of hydrogen-bond acceptors (Lipinski definition) is 3. The predicted molar refractivity (Wildman–Crippen MR) is 115 cm³/mol. The third kappa shape index (κ3) is 4.82. The molecule has 3 rings (SSSR count). The molecule has 1 amide bonds. The maximum Gasteiger partial charge on any atom is 0.243 e. The number of likely N-dealkylation sites (N-methyl/N-ethyl adjacent to an activating group) is 1. The Morgan fingerprint density at radius 1 is 1.00 bits per heavy atom. The van der Waals surface area contributed by atoms with Gasteiger partial charge in [0.2, 0.25) is 15.9 Å². The lowest BCUT2D eigenvalue weighted by Crippen LogP contribution is -2.47. The van der Waals surface area contributed by atoms with Gasteiger partial charge in [0.15, 0.2) is 0 Å². The van der Waals surface area contributed by atoms with Crippen LogP contribution in [0.1, 0.15) is 32.1 Å². The molecular formula is C21H25BrN2O3S. The summed E-state index contributed by atoms with van der Waals surface area (Å²) in [6.45, 7) is -0.158. The molecule has 1 aliphatic rings. The summed E-state index contributed by atoms with van der Waals surface area (Å²) in [5.41, 5.74) is 0.747. The van der Waals surface area contributed by atoms with Crippen LogP contribution in [0.4, 0.5) is 5.69 Å². The van der Waals surface area contributed by atoms with Gasteiger partial charge in [0.05, 0.1) is 11.4 Å². The Hall–Kier alpha value is -1.70. The zero-order chi connectivity index (χ0) is 20.1. The lowest BCUT2D eigenvalue weighted by molar-refractivity contribution is -0.119. The number of para-hydroxylation sites is 1. The highest BCUT2D eigenvalue weighted by Crippen LogP contribution is 2.28. The van der Waals surface area contributed by atoms with Crippen molar-refractivity contribution in [3.8, 4) is 0 Å². The Balaban J connectivity index is 1.88. The highest BCUT2D eigenvalue weighted by Gasteiger charge is 2.34. The molecule has 0 aliphatic heterocycles. The van der Waals surface area contributed by atoms with Crippen LogP contribution in [0.5, 0.6) is 0 Å². The van der Waals surface area contributed by atoms with E-state index in [-0.39, 0.29) is 23.4 Å². The van der Waals surface area contributed by atoms with E-state index in [2.05, 4.69) is 15.9 Å². The van der Waals surface area contributed by atoms with Crippen molar-refractivity contribution in [1.29, 1.82) is 0 Å². The van der Waals surface area contributed by atoms with E-state index in [0.29, 0.717) is 0 Å². The molecule has 0 heterocycles. The van der Waals surface area contributed by atoms with Crippen molar-refractivity contribution < 1.29 is 13.2 Å². The third-order valence-electron chi connectivity index (χ3n) is 5.21. The summed E-state index contributed by atoms with van der Waals surface area (Å²) in [6, 6.07) is 15.7.